The van der Waals surface area contributed by atoms with E-state index in [1.54, 1.807) is 18.9 Å². The number of aromatic nitrogens is 5. The van der Waals surface area contributed by atoms with E-state index in [1.165, 1.54) is 0 Å². The summed E-state index contributed by atoms with van der Waals surface area (Å²) in [5.41, 5.74) is 0.872. The summed E-state index contributed by atoms with van der Waals surface area (Å²) in [7, 11) is 1.65. The van der Waals surface area contributed by atoms with Crippen molar-refractivity contribution in [1.82, 2.24) is 24.9 Å². The number of hydrogen-bond acceptors (Lipinski definition) is 7. The van der Waals surface area contributed by atoms with Gasteiger partial charge in [-0.15, -0.1) is 10.2 Å². The van der Waals surface area contributed by atoms with Gasteiger partial charge in [-0.2, -0.15) is 4.98 Å². The summed E-state index contributed by atoms with van der Waals surface area (Å²) >= 11 is 1.54. The van der Waals surface area contributed by atoms with Gasteiger partial charge in [0.1, 0.15) is 5.75 Å². The van der Waals surface area contributed by atoms with Crippen molar-refractivity contribution in [3.05, 3.63) is 36.0 Å². The zero-order valence-electron chi connectivity index (χ0n) is 15.7. The molecule has 0 bridgehead atoms. The van der Waals surface area contributed by atoms with Crippen LogP contribution in [-0.2, 0) is 17.7 Å². The number of benzene rings is 1. The number of hydrogen-bond donors (Lipinski definition) is 0. The minimum atomic E-state index is -0.128. The van der Waals surface area contributed by atoms with Crippen molar-refractivity contribution < 1.29 is 9.26 Å². The molecule has 2 heterocycles. The molecule has 0 fully saturated rings. The molecular weight excluding hydrogens is 350 g/mol. The molecule has 0 aliphatic rings. The van der Waals surface area contributed by atoms with Crippen LogP contribution >= 0.6 is 11.8 Å². The van der Waals surface area contributed by atoms with Gasteiger partial charge in [0, 0.05) is 17.5 Å². The first-order valence-electron chi connectivity index (χ1n) is 8.46. The summed E-state index contributed by atoms with van der Waals surface area (Å²) in [6, 6.07) is 7.81. The van der Waals surface area contributed by atoms with Crippen LogP contribution in [0.15, 0.2) is 33.9 Å². The highest BCUT2D eigenvalue weighted by Gasteiger charge is 2.21. The van der Waals surface area contributed by atoms with Crippen LogP contribution in [0.4, 0.5) is 0 Å². The second-order valence-electron chi connectivity index (χ2n) is 6.83. The molecule has 0 spiro atoms. The molecule has 0 aliphatic carbocycles. The Morgan fingerprint density at radius 1 is 1.15 bits per heavy atom. The quantitative estimate of drug-likeness (QED) is 0.605. The summed E-state index contributed by atoms with van der Waals surface area (Å²) in [6.45, 7) is 9.02. The van der Waals surface area contributed by atoms with Crippen molar-refractivity contribution in [2.75, 3.05) is 7.11 Å². The molecule has 2 aromatic heterocycles. The molecule has 0 amide bonds. The van der Waals surface area contributed by atoms with E-state index < -0.39 is 0 Å². The van der Waals surface area contributed by atoms with Crippen molar-refractivity contribution in [3.8, 4) is 17.1 Å². The molecule has 0 saturated carbocycles. The smallest absolute Gasteiger partial charge is 0.237 e. The van der Waals surface area contributed by atoms with Crippen LogP contribution in [0.1, 0.15) is 39.4 Å². The number of methoxy groups -OCH3 is 1. The van der Waals surface area contributed by atoms with Gasteiger partial charge in [-0.3, -0.25) is 0 Å². The summed E-state index contributed by atoms with van der Waals surface area (Å²) in [6.07, 6.45) is 0. The molecule has 138 valence electrons. The second-order valence-corrected chi connectivity index (χ2v) is 7.77. The van der Waals surface area contributed by atoms with Gasteiger partial charge in [0.15, 0.2) is 16.8 Å². The minimum absolute atomic E-state index is 0.128. The van der Waals surface area contributed by atoms with E-state index in [1.807, 2.05) is 24.3 Å². The molecule has 3 rings (SSSR count). The molecule has 0 radical (unpaired) electrons. The maximum Gasteiger partial charge on any atom is 0.237 e. The summed E-state index contributed by atoms with van der Waals surface area (Å²) in [5.74, 6) is 3.51. The maximum atomic E-state index is 5.35. The normalized spacial score (nSPS) is 11.7. The standard InChI is InChI=1S/C18H23N5O2S/c1-6-23-15(12-7-9-13(24-5)10-8-12)20-21-17(23)26-11-14-19-16(22-25-14)18(2,3)4/h7-10H,6,11H2,1-5H3. The molecule has 0 atom stereocenters. The van der Waals surface area contributed by atoms with E-state index in [-0.39, 0.29) is 5.41 Å². The fraction of sp³-hybridized carbons (Fsp3) is 0.444. The largest absolute Gasteiger partial charge is 0.497 e. The lowest BCUT2D eigenvalue weighted by molar-refractivity contribution is 0.372. The van der Waals surface area contributed by atoms with E-state index in [2.05, 4.69) is 52.6 Å². The van der Waals surface area contributed by atoms with E-state index in [9.17, 15) is 0 Å². The summed E-state index contributed by atoms with van der Waals surface area (Å²) < 4.78 is 12.6. The molecule has 0 unspecified atom stereocenters. The van der Waals surface area contributed by atoms with Gasteiger partial charge in [0.25, 0.3) is 0 Å². The van der Waals surface area contributed by atoms with Gasteiger partial charge >= 0.3 is 0 Å². The average Bonchev–Trinajstić information content (AvgIpc) is 3.26. The molecule has 0 saturated heterocycles. The average molecular weight is 373 g/mol. The number of nitrogens with zero attached hydrogens (tertiary/aromatic N) is 5. The first-order chi connectivity index (χ1) is 12.4. The van der Waals surface area contributed by atoms with Gasteiger partial charge in [0.2, 0.25) is 5.89 Å². The van der Waals surface area contributed by atoms with Gasteiger partial charge in [-0.1, -0.05) is 37.7 Å². The Labute approximate surface area is 157 Å². The summed E-state index contributed by atoms with van der Waals surface area (Å²) in [4.78, 5) is 4.47. The van der Waals surface area contributed by atoms with Crippen molar-refractivity contribution >= 4 is 11.8 Å². The van der Waals surface area contributed by atoms with Crippen molar-refractivity contribution in [2.24, 2.45) is 0 Å². The Hall–Kier alpha value is -2.35. The Morgan fingerprint density at radius 3 is 2.46 bits per heavy atom. The zero-order chi connectivity index (χ0) is 18.7. The van der Waals surface area contributed by atoms with E-state index in [0.29, 0.717) is 17.5 Å². The first kappa shape index (κ1) is 18.4. The Bertz CT molecular complexity index is 865. The number of thioether (sulfide) groups is 1. The van der Waals surface area contributed by atoms with Gasteiger partial charge in [-0.05, 0) is 31.2 Å². The highest BCUT2D eigenvalue weighted by molar-refractivity contribution is 7.98. The van der Waals surface area contributed by atoms with Crippen LogP contribution in [0, 0.1) is 0 Å². The fourth-order valence-electron chi connectivity index (χ4n) is 2.38. The Kier molecular flexibility index (Phi) is 5.31. The molecule has 1 aromatic carbocycles. The van der Waals surface area contributed by atoms with Gasteiger partial charge < -0.3 is 13.8 Å². The highest BCUT2D eigenvalue weighted by Crippen LogP contribution is 2.28. The van der Waals surface area contributed by atoms with Crippen LogP contribution in [0.3, 0.4) is 0 Å². The van der Waals surface area contributed by atoms with Crippen molar-refractivity contribution in [3.63, 3.8) is 0 Å². The molecule has 26 heavy (non-hydrogen) atoms. The Morgan fingerprint density at radius 2 is 1.88 bits per heavy atom. The first-order valence-corrected chi connectivity index (χ1v) is 9.44. The van der Waals surface area contributed by atoms with Crippen molar-refractivity contribution in [1.29, 1.82) is 0 Å². The third kappa shape index (κ3) is 3.90. The van der Waals surface area contributed by atoms with Crippen molar-refractivity contribution in [2.45, 2.75) is 50.6 Å². The summed E-state index contributed by atoms with van der Waals surface area (Å²) in [5, 5.41) is 13.6. The lowest BCUT2D eigenvalue weighted by atomic mass is 9.96. The Balaban J connectivity index is 1.76. The fourth-order valence-corrected chi connectivity index (χ4v) is 3.22. The van der Waals surface area contributed by atoms with E-state index in [4.69, 9.17) is 9.26 Å². The molecule has 3 aromatic rings. The lowest BCUT2D eigenvalue weighted by Crippen LogP contribution is -2.13. The van der Waals surface area contributed by atoms with Crippen LogP contribution in [0.5, 0.6) is 5.75 Å². The van der Waals surface area contributed by atoms with Gasteiger partial charge in [-0.25, -0.2) is 0 Å². The van der Waals surface area contributed by atoms with E-state index in [0.717, 1.165) is 28.8 Å². The van der Waals surface area contributed by atoms with Crippen LogP contribution in [0.2, 0.25) is 0 Å². The van der Waals surface area contributed by atoms with Crippen LogP contribution < -0.4 is 4.74 Å². The monoisotopic (exact) mass is 373 g/mol. The van der Waals surface area contributed by atoms with Crippen LogP contribution in [-0.4, -0.2) is 32.0 Å². The molecule has 0 N–H and O–H groups in total. The molecule has 7 nitrogen and oxygen atoms in total. The zero-order valence-corrected chi connectivity index (χ0v) is 16.5. The number of rotatable bonds is 6. The van der Waals surface area contributed by atoms with Gasteiger partial charge in [0.05, 0.1) is 12.9 Å². The predicted octanol–water partition coefficient (Wildman–Crippen LogP) is 3.95. The minimum Gasteiger partial charge on any atom is -0.497 e. The topological polar surface area (TPSA) is 78.9 Å². The molecule has 8 heteroatoms. The highest BCUT2D eigenvalue weighted by atomic mass is 32.2. The molecular formula is C18H23N5O2S. The molecule has 0 aliphatic heterocycles. The lowest BCUT2D eigenvalue weighted by Gasteiger charge is -2.10. The van der Waals surface area contributed by atoms with Crippen LogP contribution in [0.25, 0.3) is 11.4 Å². The van der Waals surface area contributed by atoms with E-state index >= 15 is 0 Å². The SMILES string of the molecule is CCn1c(SCc2nc(C(C)(C)C)no2)nnc1-c1ccc(OC)cc1. The third-order valence-electron chi connectivity index (χ3n) is 3.84. The second kappa shape index (κ2) is 7.49. The number of ether oxygens (including phenoxy) is 1. The third-order valence-corrected chi connectivity index (χ3v) is 4.80. The maximum absolute atomic E-state index is 5.35. The predicted molar refractivity (Wildman–Crippen MR) is 100 cm³/mol.